The van der Waals surface area contributed by atoms with Crippen molar-refractivity contribution in [1.29, 1.82) is 0 Å². The van der Waals surface area contributed by atoms with E-state index in [0.717, 1.165) is 43.9 Å². The van der Waals surface area contributed by atoms with E-state index >= 15 is 0 Å². The van der Waals surface area contributed by atoms with Crippen molar-refractivity contribution < 1.29 is 4.79 Å². The number of carbonyl (C=O) groups excluding carboxylic acids is 1. The van der Waals surface area contributed by atoms with E-state index in [0.29, 0.717) is 5.92 Å². The molecule has 0 aromatic heterocycles. The van der Waals surface area contributed by atoms with Gasteiger partial charge in [0.1, 0.15) is 5.54 Å². The van der Waals surface area contributed by atoms with Crippen LogP contribution >= 0.6 is 11.8 Å². The second-order valence-electron chi connectivity index (χ2n) is 6.77. The van der Waals surface area contributed by atoms with Crippen molar-refractivity contribution in [1.82, 2.24) is 5.32 Å². The van der Waals surface area contributed by atoms with E-state index in [4.69, 9.17) is 5.73 Å². The normalized spacial score (nSPS) is 30.6. The molecule has 0 bridgehead atoms. The highest BCUT2D eigenvalue weighted by Gasteiger charge is 2.46. The zero-order chi connectivity index (χ0) is 15.1. The first-order valence-electron chi connectivity index (χ1n) is 8.85. The summed E-state index contributed by atoms with van der Waals surface area (Å²) in [5.74, 6) is 1.51. The van der Waals surface area contributed by atoms with Crippen molar-refractivity contribution in [2.24, 2.45) is 11.7 Å². The minimum atomic E-state index is -0.414. The lowest BCUT2D eigenvalue weighted by Crippen LogP contribution is -2.58. The lowest BCUT2D eigenvalue weighted by atomic mass is 9.84. The Labute approximate surface area is 134 Å². The highest BCUT2D eigenvalue weighted by atomic mass is 32.2. The first kappa shape index (κ1) is 17.1. The van der Waals surface area contributed by atoms with E-state index in [1.807, 2.05) is 0 Å². The Hall–Kier alpha value is -0.220. The molecule has 0 aromatic rings. The summed E-state index contributed by atoms with van der Waals surface area (Å²) in [6, 6.07) is 0. The second-order valence-corrected chi connectivity index (χ2v) is 8.18. The van der Waals surface area contributed by atoms with Gasteiger partial charge in [-0.2, -0.15) is 11.8 Å². The molecule has 0 aliphatic heterocycles. The maximum absolute atomic E-state index is 12.1. The molecule has 0 aromatic carbocycles. The molecule has 2 aliphatic rings. The van der Waals surface area contributed by atoms with Gasteiger partial charge in [-0.15, -0.1) is 0 Å². The maximum atomic E-state index is 12.1. The van der Waals surface area contributed by atoms with Crippen LogP contribution in [0.1, 0.15) is 71.1 Å². The lowest BCUT2D eigenvalue weighted by Gasteiger charge is -2.34. The van der Waals surface area contributed by atoms with Crippen LogP contribution in [-0.4, -0.2) is 29.0 Å². The first-order chi connectivity index (χ1) is 10.2. The fraction of sp³-hybridized carbons (Fsp3) is 0.941. The van der Waals surface area contributed by atoms with Crippen molar-refractivity contribution in [3.63, 3.8) is 0 Å². The van der Waals surface area contributed by atoms with Gasteiger partial charge in [0, 0.05) is 5.25 Å². The summed E-state index contributed by atoms with van der Waals surface area (Å²) in [5, 5.41) is 4.37. The van der Waals surface area contributed by atoms with Gasteiger partial charge in [0.25, 0.3) is 0 Å². The number of nitrogens with two attached hydrogens (primary N) is 1. The van der Waals surface area contributed by atoms with Crippen molar-refractivity contribution in [3.8, 4) is 0 Å². The summed E-state index contributed by atoms with van der Waals surface area (Å²) in [6.07, 6.45) is 12.4. The molecule has 1 amide bonds. The van der Waals surface area contributed by atoms with E-state index in [1.54, 1.807) is 0 Å². The first-order valence-corrected chi connectivity index (χ1v) is 9.90. The molecule has 3 N–H and O–H groups in total. The van der Waals surface area contributed by atoms with Crippen molar-refractivity contribution in [2.75, 3.05) is 12.3 Å². The monoisotopic (exact) mass is 312 g/mol. The number of primary amides is 1. The summed E-state index contributed by atoms with van der Waals surface area (Å²) < 4.78 is 0. The van der Waals surface area contributed by atoms with Gasteiger partial charge in [-0.25, -0.2) is 0 Å². The van der Waals surface area contributed by atoms with Crippen LogP contribution in [-0.2, 0) is 4.79 Å². The fourth-order valence-electron chi connectivity index (χ4n) is 4.07. The Morgan fingerprint density at radius 1 is 1.24 bits per heavy atom. The molecule has 2 rings (SSSR count). The number of thioether (sulfide) groups is 1. The zero-order valence-corrected chi connectivity index (χ0v) is 14.4. The summed E-state index contributed by atoms with van der Waals surface area (Å²) in [5.41, 5.74) is 5.36. The number of hydrogen-bond donors (Lipinski definition) is 2. The zero-order valence-electron chi connectivity index (χ0n) is 13.5. The Kier molecular flexibility index (Phi) is 6.87. The third-order valence-corrected chi connectivity index (χ3v) is 6.74. The van der Waals surface area contributed by atoms with E-state index in [2.05, 4.69) is 24.0 Å². The predicted octanol–water partition coefficient (Wildman–Crippen LogP) is 3.47. The minimum absolute atomic E-state index is 0.124. The fourth-order valence-corrected chi connectivity index (χ4v) is 5.49. The van der Waals surface area contributed by atoms with Gasteiger partial charge in [0.2, 0.25) is 5.91 Å². The standard InChI is InChI=1S/C17H32N2OS/c1-2-12-19-17(16(18)20)11-6-7-14(17)10-13-21-15-8-4-3-5-9-15/h14-15,19H,2-13H2,1H3,(H2,18,20). The number of hydrogen-bond acceptors (Lipinski definition) is 3. The van der Waals surface area contributed by atoms with Gasteiger partial charge in [0.15, 0.2) is 0 Å². The molecule has 21 heavy (non-hydrogen) atoms. The number of nitrogens with one attached hydrogen (secondary N) is 1. The molecule has 0 radical (unpaired) electrons. The minimum Gasteiger partial charge on any atom is -0.368 e. The largest absolute Gasteiger partial charge is 0.368 e. The SMILES string of the molecule is CCCNC1(C(N)=O)CCCC1CCSC1CCCCC1. The molecule has 2 saturated carbocycles. The van der Waals surface area contributed by atoms with Crippen LogP contribution in [0, 0.1) is 5.92 Å². The van der Waals surface area contributed by atoms with E-state index in [9.17, 15) is 4.79 Å². The summed E-state index contributed by atoms with van der Waals surface area (Å²) in [7, 11) is 0. The Balaban J connectivity index is 1.83. The molecule has 2 atom stereocenters. The molecule has 2 aliphatic carbocycles. The van der Waals surface area contributed by atoms with Gasteiger partial charge >= 0.3 is 0 Å². The van der Waals surface area contributed by atoms with Crippen LogP contribution in [0.4, 0.5) is 0 Å². The van der Waals surface area contributed by atoms with Gasteiger partial charge in [0.05, 0.1) is 0 Å². The molecule has 0 saturated heterocycles. The smallest absolute Gasteiger partial charge is 0.238 e. The Morgan fingerprint density at radius 3 is 2.67 bits per heavy atom. The predicted molar refractivity (Wildman–Crippen MR) is 91.5 cm³/mol. The summed E-state index contributed by atoms with van der Waals surface area (Å²) in [6.45, 7) is 3.04. The molecule has 2 fully saturated rings. The Bertz CT molecular complexity index is 331. The third-order valence-electron chi connectivity index (χ3n) is 5.32. The highest BCUT2D eigenvalue weighted by Crippen LogP contribution is 2.39. The van der Waals surface area contributed by atoms with Crippen LogP contribution in [0.2, 0.25) is 0 Å². The van der Waals surface area contributed by atoms with Gasteiger partial charge in [-0.3, -0.25) is 4.79 Å². The van der Waals surface area contributed by atoms with E-state index < -0.39 is 5.54 Å². The summed E-state index contributed by atoms with van der Waals surface area (Å²) in [4.78, 5) is 12.1. The lowest BCUT2D eigenvalue weighted by molar-refractivity contribution is -0.126. The van der Waals surface area contributed by atoms with Gasteiger partial charge < -0.3 is 11.1 Å². The Morgan fingerprint density at radius 2 is 2.00 bits per heavy atom. The summed E-state index contributed by atoms with van der Waals surface area (Å²) >= 11 is 2.14. The number of rotatable bonds is 8. The average Bonchev–Trinajstić information content (AvgIpc) is 2.90. The molecule has 122 valence electrons. The molecular weight excluding hydrogens is 280 g/mol. The molecular formula is C17H32N2OS. The van der Waals surface area contributed by atoms with Crippen molar-refractivity contribution in [2.45, 2.75) is 81.9 Å². The van der Waals surface area contributed by atoms with Crippen LogP contribution in [0.15, 0.2) is 0 Å². The molecule has 0 heterocycles. The molecule has 4 heteroatoms. The van der Waals surface area contributed by atoms with Crippen LogP contribution < -0.4 is 11.1 Å². The molecule has 3 nitrogen and oxygen atoms in total. The number of carbonyl (C=O) groups is 1. The van der Waals surface area contributed by atoms with Gasteiger partial charge in [-0.05, 0) is 56.7 Å². The van der Waals surface area contributed by atoms with Crippen LogP contribution in [0.3, 0.4) is 0 Å². The van der Waals surface area contributed by atoms with E-state index in [-0.39, 0.29) is 5.91 Å². The average molecular weight is 313 g/mol. The number of amides is 1. The van der Waals surface area contributed by atoms with Gasteiger partial charge in [-0.1, -0.05) is 32.6 Å². The van der Waals surface area contributed by atoms with Crippen LogP contribution in [0.5, 0.6) is 0 Å². The molecule has 2 unspecified atom stereocenters. The van der Waals surface area contributed by atoms with Crippen LogP contribution in [0.25, 0.3) is 0 Å². The van der Waals surface area contributed by atoms with E-state index in [1.165, 1.54) is 37.9 Å². The topological polar surface area (TPSA) is 55.1 Å². The van der Waals surface area contributed by atoms with Crippen molar-refractivity contribution in [3.05, 3.63) is 0 Å². The van der Waals surface area contributed by atoms with Crippen molar-refractivity contribution >= 4 is 17.7 Å². The second kappa shape index (κ2) is 8.42. The maximum Gasteiger partial charge on any atom is 0.238 e. The third kappa shape index (κ3) is 4.38. The quantitative estimate of drug-likeness (QED) is 0.721. The highest BCUT2D eigenvalue weighted by molar-refractivity contribution is 7.99. The molecule has 0 spiro atoms.